The molecule has 2 amide bonds. The van der Waals surface area contributed by atoms with Crippen molar-refractivity contribution in [3.05, 3.63) is 68.7 Å². The Balaban J connectivity index is 2.32. The molecule has 0 fully saturated rings. The molecule has 6 heteroatoms. The topological polar surface area (TPSA) is 49.4 Å². The van der Waals surface area contributed by atoms with E-state index in [0.717, 1.165) is 17.5 Å². The standard InChI is InChI=1S/C24H30Cl2N2O2/c1-6-17(4)27-24(30)18(5)28(14-20-21(25)8-7-9-22(20)26)23(29)13-19-11-10-15(2)16(3)12-19/h7-12,17-18H,6,13-14H2,1-5H3,(H,27,30)/t17-,18+/m1/s1. The average molecular weight is 449 g/mol. The molecular formula is C24H30Cl2N2O2. The number of carbonyl (C=O) groups is 2. The van der Waals surface area contributed by atoms with Crippen LogP contribution in [0.1, 0.15) is 49.4 Å². The van der Waals surface area contributed by atoms with E-state index in [-0.39, 0.29) is 30.8 Å². The maximum absolute atomic E-state index is 13.3. The van der Waals surface area contributed by atoms with Crippen LogP contribution in [0.5, 0.6) is 0 Å². The first kappa shape index (κ1) is 24.2. The normalized spacial score (nSPS) is 12.9. The van der Waals surface area contributed by atoms with Crippen molar-refractivity contribution in [1.29, 1.82) is 0 Å². The summed E-state index contributed by atoms with van der Waals surface area (Å²) in [6, 6.07) is 10.6. The Labute approximate surface area is 189 Å². The molecule has 0 aromatic heterocycles. The molecule has 0 saturated carbocycles. The Kier molecular flexibility index (Phi) is 8.75. The number of nitrogens with zero attached hydrogens (tertiary/aromatic N) is 1. The first-order valence-corrected chi connectivity index (χ1v) is 11.0. The second-order valence-electron chi connectivity index (χ2n) is 7.81. The van der Waals surface area contributed by atoms with Crippen LogP contribution in [0.15, 0.2) is 36.4 Å². The number of carbonyl (C=O) groups excluding carboxylic acids is 2. The molecule has 2 aromatic rings. The molecule has 0 unspecified atom stereocenters. The maximum Gasteiger partial charge on any atom is 0.242 e. The molecular weight excluding hydrogens is 419 g/mol. The van der Waals surface area contributed by atoms with Crippen LogP contribution < -0.4 is 5.32 Å². The second-order valence-corrected chi connectivity index (χ2v) is 8.63. The zero-order valence-electron chi connectivity index (χ0n) is 18.3. The van der Waals surface area contributed by atoms with Gasteiger partial charge in [-0.1, -0.05) is 54.4 Å². The van der Waals surface area contributed by atoms with Crippen molar-refractivity contribution in [2.75, 3.05) is 0 Å². The van der Waals surface area contributed by atoms with Gasteiger partial charge in [0, 0.05) is 28.2 Å². The van der Waals surface area contributed by atoms with Crippen LogP contribution in [-0.4, -0.2) is 28.8 Å². The molecule has 0 aliphatic heterocycles. The zero-order chi connectivity index (χ0) is 22.4. The van der Waals surface area contributed by atoms with Gasteiger partial charge in [0.15, 0.2) is 0 Å². The lowest BCUT2D eigenvalue weighted by Crippen LogP contribution is -2.50. The average Bonchev–Trinajstić information content (AvgIpc) is 2.69. The van der Waals surface area contributed by atoms with E-state index in [2.05, 4.69) is 5.32 Å². The fourth-order valence-corrected chi connectivity index (χ4v) is 3.61. The van der Waals surface area contributed by atoms with Crippen LogP contribution in [0.25, 0.3) is 0 Å². The summed E-state index contributed by atoms with van der Waals surface area (Å²) in [4.78, 5) is 27.7. The van der Waals surface area contributed by atoms with Gasteiger partial charge in [0.2, 0.25) is 11.8 Å². The van der Waals surface area contributed by atoms with Gasteiger partial charge in [0.25, 0.3) is 0 Å². The van der Waals surface area contributed by atoms with Crippen molar-refractivity contribution in [2.45, 2.75) is 66.1 Å². The van der Waals surface area contributed by atoms with E-state index in [1.54, 1.807) is 30.0 Å². The van der Waals surface area contributed by atoms with Crippen LogP contribution in [-0.2, 0) is 22.6 Å². The summed E-state index contributed by atoms with van der Waals surface area (Å²) in [5, 5.41) is 3.91. The van der Waals surface area contributed by atoms with Crippen LogP contribution in [0, 0.1) is 13.8 Å². The second kappa shape index (κ2) is 10.8. The van der Waals surface area contributed by atoms with Crippen molar-refractivity contribution < 1.29 is 9.59 Å². The van der Waals surface area contributed by atoms with E-state index in [4.69, 9.17) is 23.2 Å². The van der Waals surface area contributed by atoms with Gasteiger partial charge in [0.05, 0.1) is 6.42 Å². The number of halogens is 2. The number of aryl methyl sites for hydroxylation is 2. The molecule has 0 spiro atoms. The number of nitrogens with one attached hydrogen (secondary N) is 1. The summed E-state index contributed by atoms with van der Waals surface area (Å²) in [5.74, 6) is -0.345. The smallest absolute Gasteiger partial charge is 0.242 e. The molecule has 0 bridgehead atoms. The van der Waals surface area contributed by atoms with E-state index >= 15 is 0 Å². The van der Waals surface area contributed by atoms with Gasteiger partial charge >= 0.3 is 0 Å². The van der Waals surface area contributed by atoms with Gasteiger partial charge in [-0.05, 0) is 62.9 Å². The molecule has 162 valence electrons. The van der Waals surface area contributed by atoms with E-state index in [0.29, 0.717) is 15.6 Å². The van der Waals surface area contributed by atoms with Crippen LogP contribution >= 0.6 is 23.2 Å². The lowest BCUT2D eigenvalue weighted by Gasteiger charge is -2.30. The van der Waals surface area contributed by atoms with Gasteiger partial charge < -0.3 is 10.2 Å². The van der Waals surface area contributed by atoms with Crippen molar-refractivity contribution in [1.82, 2.24) is 10.2 Å². The fourth-order valence-electron chi connectivity index (χ4n) is 3.09. The van der Waals surface area contributed by atoms with Crippen LogP contribution in [0.4, 0.5) is 0 Å². The summed E-state index contributed by atoms with van der Waals surface area (Å²) in [7, 11) is 0. The largest absolute Gasteiger partial charge is 0.352 e. The van der Waals surface area contributed by atoms with Crippen molar-refractivity contribution in [3.8, 4) is 0 Å². The van der Waals surface area contributed by atoms with E-state index < -0.39 is 6.04 Å². The first-order chi connectivity index (χ1) is 14.1. The Morgan fingerprint density at radius 3 is 2.23 bits per heavy atom. The lowest BCUT2D eigenvalue weighted by molar-refractivity contribution is -0.140. The van der Waals surface area contributed by atoms with Crippen LogP contribution in [0.2, 0.25) is 10.0 Å². The highest BCUT2D eigenvalue weighted by Gasteiger charge is 2.28. The van der Waals surface area contributed by atoms with Gasteiger partial charge in [-0.3, -0.25) is 9.59 Å². The number of benzene rings is 2. The maximum atomic E-state index is 13.3. The summed E-state index contributed by atoms with van der Waals surface area (Å²) < 4.78 is 0. The third kappa shape index (κ3) is 6.23. The van der Waals surface area contributed by atoms with Gasteiger partial charge in [0.1, 0.15) is 6.04 Å². The third-order valence-electron chi connectivity index (χ3n) is 5.49. The summed E-state index contributed by atoms with van der Waals surface area (Å²) in [6.45, 7) is 9.90. The minimum atomic E-state index is -0.662. The molecule has 4 nitrogen and oxygen atoms in total. The number of hydrogen-bond acceptors (Lipinski definition) is 2. The quantitative estimate of drug-likeness (QED) is 0.580. The fraction of sp³-hybridized carbons (Fsp3) is 0.417. The minimum Gasteiger partial charge on any atom is -0.352 e. The summed E-state index contributed by atoms with van der Waals surface area (Å²) in [5.41, 5.74) is 3.85. The van der Waals surface area contributed by atoms with E-state index in [1.165, 1.54) is 5.56 Å². The van der Waals surface area contributed by atoms with Crippen molar-refractivity contribution >= 4 is 35.0 Å². The number of hydrogen-bond donors (Lipinski definition) is 1. The highest BCUT2D eigenvalue weighted by molar-refractivity contribution is 6.36. The molecule has 0 saturated heterocycles. The van der Waals surface area contributed by atoms with E-state index in [1.807, 2.05) is 45.9 Å². The predicted octanol–water partition coefficient (Wildman–Crippen LogP) is 5.48. The number of amides is 2. The molecule has 0 heterocycles. The van der Waals surface area contributed by atoms with Crippen molar-refractivity contribution in [2.24, 2.45) is 0 Å². The highest BCUT2D eigenvalue weighted by Crippen LogP contribution is 2.27. The SMILES string of the molecule is CC[C@@H](C)NC(=O)[C@H](C)N(Cc1c(Cl)cccc1Cl)C(=O)Cc1ccc(C)c(C)c1. The Morgan fingerprint density at radius 1 is 1.03 bits per heavy atom. The molecule has 30 heavy (non-hydrogen) atoms. The predicted molar refractivity (Wildman–Crippen MR) is 124 cm³/mol. The van der Waals surface area contributed by atoms with E-state index in [9.17, 15) is 9.59 Å². The molecule has 0 aliphatic carbocycles. The molecule has 2 aromatic carbocycles. The third-order valence-corrected chi connectivity index (χ3v) is 6.19. The molecule has 0 radical (unpaired) electrons. The van der Waals surface area contributed by atoms with Crippen molar-refractivity contribution in [3.63, 3.8) is 0 Å². The summed E-state index contributed by atoms with van der Waals surface area (Å²) >= 11 is 12.7. The summed E-state index contributed by atoms with van der Waals surface area (Å²) in [6.07, 6.45) is 1.01. The molecule has 2 rings (SSSR count). The lowest BCUT2D eigenvalue weighted by atomic mass is 10.0. The highest BCUT2D eigenvalue weighted by atomic mass is 35.5. The van der Waals surface area contributed by atoms with Gasteiger partial charge in [-0.25, -0.2) is 0 Å². The molecule has 1 N–H and O–H groups in total. The minimum absolute atomic E-state index is 0.0283. The Morgan fingerprint density at radius 2 is 1.67 bits per heavy atom. The molecule has 0 aliphatic rings. The monoisotopic (exact) mass is 448 g/mol. The van der Waals surface area contributed by atoms with Gasteiger partial charge in [-0.15, -0.1) is 0 Å². The Bertz CT molecular complexity index is 894. The Hall–Kier alpha value is -2.04. The number of rotatable bonds is 8. The van der Waals surface area contributed by atoms with Gasteiger partial charge in [-0.2, -0.15) is 0 Å². The van der Waals surface area contributed by atoms with Crippen LogP contribution in [0.3, 0.4) is 0 Å². The zero-order valence-corrected chi connectivity index (χ0v) is 19.8. The molecule has 2 atom stereocenters. The first-order valence-electron chi connectivity index (χ1n) is 10.2.